The zero-order chi connectivity index (χ0) is 15.4. The van der Waals surface area contributed by atoms with Crippen LogP contribution in [0.5, 0.6) is 5.75 Å². The van der Waals surface area contributed by atoms with Gasteiger partial charge in [-0.2, -0.15) is 0 Å². The highest BCUT2D eigenvalue weighted by atomic mass is 79.9. The number of aromatic nitrogens is 2. The Labute approximate surface area is 134 Å². The molecule has 6 nitrogen and oxygen atoms in total. The quantitative estimate of drug-likeness (QED) is 0.779. The normalized spacial score (nSPS) is 10.6. The second-order valence-electron chi connectivity index (χ2n) is 4.30. The standard InChI is InChI=1S/C13H13BrN2O4S/c1-7-3-9(14)4-8(2)12(7)19-5-10-15-16-13(20-10)21-6-11(17)18/h3-4H,5-6H2,1-2H3,(H,17,18). The number of hydrogen-bond donors (Lipinski definition) is 1. The van der Waals surface area contributed by atoms with Gasteiger partial charge >= 0.3 is 5.97 Å². The third-order valence-corrected chi connectivity index (χ3v) is 3.79. The molecule has 0 radical (unpaired) electrons. The number of hydrogen-bond acceptors (Lipinski definition) is 6. The summed E-state index contributed by atoms with van der Waals surface area (Å²) in [6.07, 6.45) is 0. The summed E-state index contributed by atoms with van der Waals surface area (Å²) in [5, 5.41) is 16.4. The lowest BCUT2D eigenvalue weighted by atomic mass is 10.1. The first-order valence-corrected chi connectivity index (χ1v) is 7.80. The summed E-state index contributed by atoms with van der Waals surface area (Å²) in [5.41, 5.74) is 2.00. The molecule has 0 fully saturated rings. The van der Waals surface area contributed by atoms with Crippen molar-refractivity contribution in [2.24, 2.45) is 0 Å². The molecule has 2 aromatic rings. The van der Waals surface area contributed by atoms with E-state index in [4.69, 9.17) is 14.3 Å². The molecule has 0 bridgehead atoms. The third kappa shape index (κ3) is 4.47. The van der Waals surface area contributed by atoms with Crippen LogP contribution in [0, 0.1) is 13.8 Å². The van der Waals surface area contributed by atoms with E-state index in [1.54, 1.807) is 0 Å². The van der Waals surface area contributed by atoms with Crippen LogP contribution in [-0.4, -0.2) is 27.0 Å². The summed E-state index contributed by atoms with van der Waals surface area (Å²) in [5.74, 6) is 0.0332. The first-order chi connectivity index (χ1) is 9.95. The zero-order valence-corrected chi connectivity index (χ0v) is 13.8. The number of carboxylic acids is 1. The highest BCUT2D eigenvalue weighted by molar-refractivity contribution is 9.10. The van der Waals surface area contributed by atoms with Crippen LogP contribution in [0.4, 0.5) is 0 Å². The van der Waals surface area contributed by atoms with Gasteiger partial charge in [0.05, 0.1) is 0 Å². The Kier molecular flexibility index (Phi) is 5.24. The lowest BCUT2D eigenvalue weighted by Gasteiger charge is -2.10. The fourth-order valence-corrected chi connectivity index (χ4v) is 2.92. The van der Waals surface area contributed by atoms with Gasteiger partial charge in [-0.1, -0.05) is 27.7 Å². The van der Waals surface area contributed by atoms with Crippen LogP contribution in [0.3, 0.4) is 0 Å². The largest absolute Gasteiger partial charge is 0.483 e. The van der Waals surface area contributed by atoms with Crippen molar-refractivity contribution in [3.8, 4) is 5.75 Å². The van der Waals surface area contributed by atoms with Crippen LogP contribution in [0.2, 0.25) is 0 Å². The molecule has 1 aromatic heterocycles. The van der Waals surface area contributed by atoms with Gasteiger partial charge in [0.1, 0.15) is 11.5 Å². The van der Waals surface area contributed by atoms with E-state index in [9.17, 15) is 4.79 Å². The van der Waals surface area contributed by atoms with E-state index >= 15 is 0 Å². The fourth-order valence-electron chi connectivity index (χ4n) is 1.74. The van der Waals surface area contributed by atoms with Gasteiger partial charge in [-0.05, 0) is 37.1 Å². The Morgan fingerprint density at radius 3 is 2.67 bits per heavy atom. The van der Waals surface area contributed by atoms with Crippen molar-refractivity contribution in [1.29, 1.82) is 0 Å². The van der Waals surface area contributed by atoms with Gasteiger partial charge in [0.15, 0.2) is 6.61 Å². The minimum absolute atomic E-state index is 0.118. The van der Waals surface area contributed by atoms with Gasteiger partial charge in [0.2, 0.25) is 0 Å². The average molecular weight is 373 g/mol. The Hall–Kier alpha value is -1.54. The number of carbonyl (C=O) groups is 1. The molecule has 1 aromatic carbocycles. The highest BCUT2D eigenvalue weighted by Crippen LogP contribution is 2.28. The van der Waals surface area contributed by atoms with Gasteiger partial charge in [0.25, 0.3) is 11.1 Å². The molecule has 0 aliphatic heterocycles. The van der Waals surface area contributed by atoms with Gasteiger partial charge in [-0.3, -0.25) is 4.79 Å². The van der Waals surface area contributed by atoms with Crippen LogP contribution in [0.1, 0.15) is 17.0 Å². The lowest BCUT2D eigenvalue weighted by molar-refractivity contribution is -0.133. The number of ether oxygens (including phenoxy) is 1. The molecule has 0 saturated heterocycles. The predicted octanol–water partition coefficient (Wildman–Crippen LogP) is 3.20. The molecule has 0 aliphatic carbocycles. The Bertz CT molecular complexity index is 636. The molecule has 0 atom stereocenters. The van der Waals surface area contributed by atoms with E-state index in [1.807, 2.05) is 26.0 Å². The van der Waals surface area contributed by atoms with Gasteiger partial charge < -0.3 is 14.3 Å². The molecule has 0 saturated carbocycles. The Morgan fingerprint density at radius 2 is 2.05 bits per heavy atom. The van der Waals surface area contributed by atoms with E-state index in [-0.39, 0.29) is 17.6 Å². The number of benzene rings is 1. The van der Waals surface area contributed by atoms with Crippen LogP contribution in [0.25, 0.3) is 0 Å². The van der Waals surface area contributed by atoms with Crippen molar-refractivity contribution < 1.29 is 19.1 Å². The monoisotopic (exact) mass is 372 g/mol. The Balaban J connectivity index is 1.99. The maximum Gasteiger partial charge on any atom is 0.314 e. The van der Waals surface area contributed by atoms with Crippen molar-refractivity contribution in [3.05, 3.63) is 33.6 Å². The smallest absolute Gasteiger partial charge is 0.314 e. The molecule has 2 rings (SSSR count). The maximum absolute atomic E-state index is 10.5. The maximum atomic E-state index is 10.5. The first kappa shape index (κ1) is 15.8. The number of halogens is 1. The van der Waals surface area contributed by atoms with Gasteiger partial charge in [-0.15, -0.1) is 10.2 Å². The summed E-state index contributed by atoms with van der Waals surface area (Å²) < 4.78 is 12.0. The summed E-state index contributed by atoms with van der Waals surface area (Å²) >= 11 is 4.41. The number of aryl methyl sites for hydroxylation is 2. The first-order valence-electron chi connectivity index (χ1n) is 6.02. The van der Waals surface area contributed by atoms with Crippen LogP contribution < -0.4 is 4.74 Å². The minimum atomic E-state index is -0.933. The van der Waals surface area contributed by atoms with E-state index in [1.165, 1.54) is 0 Å². The van der Waals surface area contributed by atoms with E-state index in [0.29, 0.717) is 5.89 Å². The minimum Gasteiger partial charge on any atom is -0.483 e. The second kappa shape index (κ2) is 6.95. The number of nitrogens with zero attached hydrogens (tertiary/aromatic N) is 2. The van der Waals surface area contributed by atoms with Crippen molar-refractivity contribution in [2.45, 2.75) is 25.7 Å². The second-order valence-corrected chi connectivity index (χ2v) is 6.14. The Morgan fingerprint density at radius 1 is 1.38 bits per heavy atom. The van der Waals surface area contributed by atoms with E-state index in [2.05, 4.69) is 26.1 Å². The summed E-state index contributed by atoms with van der Waals surface area (Å²) in [4.78, 5) is 10.5. The molecule has 112 valence electrons. The molecular weight excluding hydrogens is 360 g/mol. The van der Waals surface area contributed by atoms with Crippen LogP contribution in [0.15, 0.2) is 26.2 Å². The molecule has 21 heavy (non-hydrogen) atoms. The van der Waals surface area contributed by atoms with Crippen molar-refractivity contribution >= 4 is 33.7 Å². The molecule has 0 amide bonds. The molecule has 8 heteroatoms. The van der Waals surface area contributed by atoms with Crippen molar-refractivity contribution in [1.82, 2.24) is 10.2 Å². The zero-order valence-electron chi connectivity index (χ0n) is 11.4. The van der Waals surface area contributed by atoms with Crippen molar-refractivity contribution in [3.63, 3.8) is 0 Å². The highest BCUT2D eigenvalue weighted by Gasteiger charge is 2.11. The number of aliphatic carboxylic acids is 1. The summed E-state index contributed by atoms with van der Waals surface area (Å²) in [6, 6.07) is 3.93. The molecule has 0 aliphatic rings. The van der Waals surface area contributed by atoms with Crippen molar-refractivity contribution in [2.75, 3.05) is 5.75 Å². The number of thioether (sulfide) groups is 1. The molecule has 0 spiro atoms. The SMILES string of the molecule is Cc1cc(Br)cc(C)c1OCc1nnc(SCC(=O)O)o1. The molecule has 1 heterocycles. The third-order valence-electron chi connectivity index (χ3n) is 2.53. The van der Waals surface area contributed by atoms with Gasteiger partial charge in [-0.25, -0.2) is 0 Å². The van der Waals surface area contributed by atoms with Crippen LogP contribution >= 0.6 is 27.7 Å². The number of carboxylic acid groups (broad SMARTS) is 1. The fraction of sp³-hybridized carbons (Fsp3) is 0.308. The topological polar surface area (TPSA) is 85.5 Å². The van der Waals surface area contributed by atoms with E-state index < -0.39 is 5.97 Å². The molecule has 1 N–H and O–H groups in total. The summed E-state index contributed by atoms with van der Waals surface area (Å²) in [7, 11) is 0. The number of rotatable bonds is 6. The molecular formula is C13H13BrN2O4S. The van der Waals surface area contributed by atoms with Gasteiger partial charge in [0, 0.05) is 4.47 Å². The predicted molar refractivity (Wildman–Crippen MR) is 80.6 cm³/mol. The summed E-state index contributed by atoms with van der Waals surface area (Å²) in [6.45, 7) is 4.05. The molecule has 0 unspecified atom stereocenters. The average Bonchev–Trinajstić information content (AvgIpc) is 2.83. The lowest BCUT2D eigenvalue weighted by Crippen LogP contribution is -1.99. The van der Waals surface area contributed by atoms with Crippen LogP contribution in [-0.2, 0) is 11.4 Å². The van der Waals surface area contributed by atoms with E-state index in [0.717, 1.165) is 33.1 Å².